The van der Waals surface area contributed by atoms with Crippen LogP contribution in [0.15, 0.2) is 48.5 Å². The number of nitrogens with zero attached hydrogens (tertiary/aromatic N) is 1. The Bertz CT molecular complexity index is 811. The molecular weight excluding hydrogens is 376 g/mol. The van der Waals surface area contributed by atoms with E-state index in [1.165, 1.54) is 12.0 Å². The zero-order valence-electron chi connectivity index (χ0n) is 16.7. The van der Waals surface area contributed by atoms with E-state index in [9.17, 15) is 9.59 Å². The van der Waals surface area contributed by atoms with Crippen molar-refractivity contribution in [3.63, 3.8) is 0 Å². The number of hydrogen-bond acceptors (Lipinski definition) is 3. The molecule has 2 aromatic rings. The van der Waals surface area contributed by atoms with Crippen molar-refractivity contribution in [1.82, 2.24) is 4.90 Å². The molecule has 2 atom stereocenters. The maximum atomic E-state index is 13.1. The summed E-state index contributed by atoms with van der Waals surface area (Å²) >= 11 is 6.00. The first kappa shape index (κ1) is 21.8. The molecule has 2 amide bonds. The highest BCUT2D eigenvalue weighted by atomic mass is 35.5. The fourth-order valence-corrected chi connectivity index (χ4v) is 3.28. The Labute approximate surface area is 171 Å². The summed E-state index contributed by atoms with van der Waals surface area (Å²) in [5, 5.41) is 3.26. The van der Waals surface area contributed by atoms with E-state index in [0.29, 0.717) is 16.5 Å². The second kappa shape index (κ2) is 10.1. The minimum Gasteiger partial charge on any atom is -0.495 e. The quantitative estimate of drug-likeness (QED) is 0.703. The van der Waals surface area contributed by atoms with Gasteiger partial charge in [0, 0.05) is 12.1 Å². The molecule has 2 unspecified atom stereocenters. The van der Waals surface area contributed by atoms with E-state index in [1.807, 2.05) is 30.3 Å². The molecule has 5 nitrogen and oxygen atoms in total. The third-order valence-corrected chi connectivity index (χ3v) is 5.07. The molecule has 1 N–H and O–H groups in total. The molecule has 0 aliphatic rings. The number of carbonyl (C=O) groups excluding carboxylic acids is 2. The van der Waals surface area contributed by atoms with Crippen LogP contribution in [0.2, 0.25) is 5.02 Å². The lowest BCUT2D eigenvalue weighted by atomic mass is 9.84. The van der Waals surface area contributed by atoms with E-state index in [1.54, 1.807) is 25.2 Å². The summed E-state index contributed by atoms with van der Waals surface area (Å²) in [5.74, 6) is -0.00669. The van der Waals surface area contributed by atoms with Crippen LogP contribution in [0.4, 0.5) is 5.69 Å². The van der Waals surface area contributed by atoms with Crippen LogP contribution in [0.25, 0.3) is 0 Å². The molecule has 28 heavy (non-hydrogen) atoms. The van der Waals surface area contributed by atoms with Crippen molar-refractivity contribution in [2.24, 2.45) is 5.92 Å². The van der Waals surface area contributed by atoms with Crippen molar-refractivity contribution in [1.29, 1.82) is 0 Å². The van der Waals surface area contributed by atoms with Gasteiger partial charge in [-0.05, 0) is 29.7 Å². The molecule has 0 fully saturated rings. The highest BCUT2D eigenvalue weighted by molar-refractivity contribution is 6.31. The third kappa shape index (κ3) is 5.49. The monoisotopic (exact) mass is 402 g/mol. The smallest absolute Gasteiger partial charge is 0.244 e. The van der Waals surface area contributed by atoms with Gasteiger partial charge in [0.25, 0.3) is 0 Å². The summed E-state index contributed by atoms with van der Waals surface area (Å²) in [6.07, 6.45) is 0.866. The molecule has 0 saturated heterocycles. The van der Waals surface area contributed by atoms with Crippen molar-refractivity contribution in [2.75, 3.05) is 26.0 Å². The van der Waals surface area contributed by atoms with Gasteiger partial charge in [0.15, 0.2) is 0 Å². The minimum atomic E-state index is -0.313. The average molecular weight is 403 g/mol. The molecule has 0 bridgehead atoms. The molecule has 0 aliphatic carbocycles. The molecule has 0 spiro atoms. The number of ether oxygens (including phenoxy) is 1. The number of anilines is 1. The third-order valence-electron chi connectivity index (χ3n) is 4.83. The number of rotatable bonds is 8. The molecule has 150 valence electrons. The SMILES string of the molecule is CCC(C)C(C(=O)N(C)CC(=O)Nc1cc(Cl)ccc1OC)c1ccccc1. The van der Waals surface area contributed by atoms with E-state index in [2.05, 4.69) is 19.2 Å². The van der Waals surface area contributed by atoms with Gasteiger partial charge < -0.3 is 15.0 Å². The Kier molecular flexibility index (Phi) is 7.88. The van der Waals surface area contributed by atoms with Crippen molar-refractivity contribution in [3.8, 4) is 5.75 Å². The lowest BCUT2D eigenvalue weighted by molar-refractivity contribution is -0.135. The first-order valence-electron chi connectivity index (χ1n) is 9.30. The van der Waals surface area contributed by atoms with Gasteiger partial charge in [0.05, 0.1) is 25.3 Å². The standard InChI is InChI=1S/C22H27ClN2O3/c1-5-15(2)21(16-9-7-6-8-10-16)22(27)25(3)14-20(26)24-18-13-17(23)11-12-19(18)28-4/h6-13,15,21H,5,14H2,1-4H3,(H,24,26). The Hall–Kier alpha value is -2.53. The largest absolute Gasteiger partial charge is 0.495 e. The van der Waals surface area contributed by atoms with E-state index < -0.39 is 0 Å². The van der Waals surface area contributed by atoms with Gasteiger partial charge >= 0.3 is 0 Å². The summed E-state index contributed by atoms with van der Waals surface area (Å²) in [5.41, 5.74) is 1.44. The lowest BCUT2D eigenvalue weighted by Crippen LogP contribution is -2.39. The number of benzene rings is 2. The second-order valence-corrected chi connectivity index (χ2v) is 7.30. The lowest BCUT2D eigenvalue weighted by Gasteiger charge is -2.27. The summed E-state index contributed by atoms with van der Waals surface area (Å²) in [6, 6.07) is 14.7. The fourth-order valence-electron chi connectivity index (χ4n) is 3.11. The summed E-state index contributed by atoms with van der Waals surface area (Å²) < 4.78 is 5.24. The molecule has 2 aromatic carbocycles. The van der Waals surface area contributed by atoms with E-state index in [-0.39, 0.29) is 30.2 Å². The number of hydrogen-bond donors (Lipinski definition) is 1. The average Bonchev–Trinajstić information content (AvgIpc) is 2.68. The van der Waals surface area contributed by atoms with Gasteiger partial charge in [-0.25, -0.2) is 0 Å². The maximum absolute atomic E-state index is 13.1. The number of likely N-dealkylation sites (N-methyl/N-ethyl adjacent to an activating group) is 1. The first-order valence-corrected chi connectivity index (χ1v) is 9.68. The molecule has 0 aliphatic heterocycles. The van der Waals surface area contributed by atoms with E-state index in [0.717, 1.165) is 12.0 Å². The second-order valence-electron chi connectivity index (χ2n) is 6.86. The van der Waals surface area contributed by atoms with Crippen LogP contribution < -0.4 is 10.1 Å². The van der Waals surface area contributed by atoms with Crippen LogP contribution in [0.1, 0.15) is 31.7 Å². The summed E-state index contributed by atoms with van der Waals surface area (Å²) in [6.45, 7) is 4.06. The van der Waals surface area contributed by atoms with Gasteiger partial charge in [0.1, 0.15) is 5.75 Å². The molecular formula is C22H27ClN2O3. The predicted octanol–water partition coefficient (Wildman–Crippen LogP) is 4.58. The highest BCUT2D eigenvalue weighted by Gasteiger charge is 2.29. The van der Waals surface area contributed by atoms with Crippen molar-refractivity contribution in [3.05, 3.63) is 59.1 Å². The number of carbonyl (C=O) groups is 2. The Morgan fingerprint density at radius 3 is 2.46 bits per heavy atom. The van der Waals surface area contributed by atoms with Gasteiger partial charge in [-0.2, -0.15) is 0 Å². The van der Waals surface area contributed by atoms with Gasteiger partial charge in [-0.1, -0.05) is 62.2 Å². The van der Waals surface area contributed by atoms with Crippen LogP contribution in [-0.2, 0) is 9.59 Å². The zero-order valence-corrected chi connectivity index (χ0v) is 17.5. The molecule has 2 rings (SSSR count). The first-order chi connectivity index (χ1) is 13.4. The van der Waals surface area contributed by atoms with Crippen LogP contribution in [0, 0.1) is 5.92 Å². The van der Waals surface area contributed by atoms with Crippen LogP contribution >= 0.6 is 11.6 Å². The summed E-state index contributed by atoms with van der Waals surface area (Å²) in [7, 11) is 3.17. The van der Waals surface area contributed by atoms with E-state index >= 15 is 0 Å². The Morgan fingerprint density at radius 2 is 1.86 bits per heavy atom. The van der Waals surface area contributed by atoms with Gasteiger partial charge in [0.2, 0.25) is 11.8 Å². The maximum Gasteiger partial charge on any atom is 0.244 e. The van der Waals surface area contributed by atoms with Crippen molar-refractivity contribution < 1.29 is 14.3 Å². The van der Waals surface area contributed by atoms with E-state index in [4.69, 9.17) is 16.3 Å². The Morgan fingerprint density at radius 1 is 1.18 bits per heavy atom. The van der Waals surface area contributed by atoms with Gasteiger partial charge in [-0.3, -0.25) is 9.59 Å². The predicted molar refractivity (Wildman–Crippen MR) is 113 cm³/mol. The molecule has 0 heterocycles. The van der Waals surface area contributed by atoms with Crippen LogP contribution in [0.3, 0.4) is 0 Å². The highest BCUT2D eigenvalue weighted by Crippen LogP contribution is 2.29. The minimum absolute atomic E-state index is 0.0612. The number of nitrogens with one attached hydrogen (secondary N) is 1. The number of amides is 2. The normalized spacial score (nSPS) is 12.8. The number of methoxy groups -OCH3 is 1. The molecule has 6 heteroatoms. The van der Waals surface area contributed by atoms with Crippen molar-refractivity contribution in [2.45, 2.75) is 26.2 Å². The topological polar surface area (TPSA) is 58.6 Å². The number of halogens is 1. The van der Waals surface area contributed by atoms with Crippen molar-refractivity contribution >= 4 is 29.1 Å². The molecule has 0 aromatic heterocycles. The molecule has 0 saturated carbocycles. The Balaban J connectivity index is 2.11. The molecule has 0 radical (unpaired) electrons. The van der Waals surface area contributed by atoms with Gasteiger partial charge in [-0.15, -0.1) is 0 Å². The zero-order chi connectivity index (χ0) is 20.7. The summed E-state index contributed by atoms with van der Waals surface area (Å²) in [4.78, 5) is 27.1. The van der Waals surface area contributed by atoms with Crippen LogP contribution in [-0.4, -0.2) is 37.4 Å². The van der Waals surface area contributed by atoms with Crippen LogP contribution in [0.5, 0.6) is 5.75 Å². The fraction of sp³-hybridized carbons (Fsp3) is 0.364.